The Bertz CT molecular complexity index is 943. The number of hydrogen-bond acceptors (Lipinski definition) is 5. The summed E-state index contributed by atoms with van der Waals surface area (Å²) in [6.45, 7) is 5.52. The van der Waals surface area contributed by atoms with Gasteiger partial charge >= 0.3 is 0 Å². The van der Waals surface area contributed by atoms with Crippen molar-refractivity contribution < 1.29 is 24.0 Å². The molecule has 1 aliphatic rings. The molecule has 35 heavy (non-hydrogen) atoms. The van der Waals surface area contributed by atoms with Crippen LogP contribution >= 0.6 is 11.6 Å². The summed E-state index contributed by atoms with van der Waals surface area (Å²) >= 11 is 5.77. The van der Waals surface area contributed by atoms with Crippen LogP contribution in [0.15, 0.2) is 36.4 Å². The van der Waals surface area contributed by atoms with Gasteiger partial charge < -0.3 is 16.0 Å². The molecule has 0 spiro atoms. The maximum Gasteiger partial charge on any atom is 0.253 e. The highest BCUT2D eigenvalue weighted by molar-refractivity contribution is 6.17. The molecule has 0 saturated carbocycles. The van der Waals surface area contributed by atoms with Crippen molar-refractivity contribution in [1.82, 2.24) is 15.5 Å². The van der Waals surface area contributed by atoms with Crippen molar-refractivity contribution in [2.45, 2.75) is 64.4 Å². The van der Waals surface area contributed by atoms with Gasteiger partial charge in [0.05, 0.1) is 0 Å². The van der Waals surface area contributed by atoms with Crippen LogP contribution in [0.3, 0.4) is 0 Å². The van der Waals surface area contributed by atoms with E-state index in [2.05, 4.69) is 16.0 Å². The number of carbonyl (C=O) groups excluding carboxylic acids is 5. The molecule has 0 saturated heterocycles. The zero-order valence-corrected chi connectivity index (χ0v) is 21.1. The van der Waals surface area contributed by atoms with Gasteiger partial charge in [0.15, 0.2) is 0 Å². The summed E-state index contributed by atoms with van der Waals surface area (Å²) in [5, 5.41) is 8.15. The molecule has 1 aromatic carbocycles. The summed E-state index contributed by atoms with van der Waals surface area (Å²) in [6.07, 6.45) is 4.52. The summed E-state index contributed by atoms with van der Waals surface area (Å²) in [5.74, 6) is -1.52. The lowest BCUT2D eigenvalue weighted by molar-refractivity contribution is -0.137. The van der Waals surface area contributed by atoms with E-state index in [0.717, 1.165) is 5.56 Å². The van der Waals surface area contributed by atoms with Crippen LogP contribution < -0.4 is 16.0 Å². The number of alkyl halides is 1. The number of carbonyl (C=O) groups is 5. The molecule has 9 nitrogen and oxygen atoms in total. The highest BCUT2D eigenvalue weighted by Crippen LogP contribution is 2.12. The van der Waals surface area contributed by atoms with Gasteiger partial charge in [-0.15, -0.1) is 11.6 Å². The minimum Gasteiger partial charge on any atom is -0.344 e. The van der Waals surface area contributed by atoms with Crippen molar-refractivity contribution in [3.8, 4) is 0 Å². The number of unbranched alkanes of at least 4 members (excludes halogenated alkanes) is 2. The zero-order chi connectivity index (χ0) is 26.0. The minimum atomic E-state index is -0.807. The number of halogens is 1. The van der Waals surface area contributed by atoms with Crippen molar-refractivity contribution >= 4 is 46.8 Å². The van der Waals surface area contributed by atoms with Crippen molar-refractivity contribution in [2.24, 2.45) is 5.92 Å². The average molecular weight is 505 g/mol. The van der Waals surface area contributed by atoms with E-state index in [1.807, 2.05) is 13.8 Å². The molecule has 1 aromatic rings. The van der Waals surface area contributed by atoms with E-state index in [0.29, 0.717) is 37.4 Å². The Morgan fingerprint density at radius 3 is 2.09 bits per heavy atom. The van der Waals surface area contributed by atoms with E-state index in [1.165, 1.54) is 17.1 Å². The van der Waals surface area contributed by atoms with E-state index < -0.39 is 18.0 Å². The second-order valence-electron chi connectivity index (χ2n) is 8.81. The number of rotatable bonds is 13. The Labute approximate surface area is 210 Å². The first kappa shape index (κ1) is 28.0. The van der Waals surface area contributed by atoms with Gasteiger partial charge in [-0.2, -0.15) is 0 Å². The molecule has 3 N–H and O–H groups in total. The van der Waals surface area contributed by atoms with E-state index in [4.69, 9.17) is 11.6 Å². The second kappa shape index (κ2) is 13.6. The maximum atomic E-state index is 12.8. The Morgan fingerprint density at radius 2 is 1.51 bits per heavy atom. The second-order valence-corrected chi connectivity index (χ2v) is 9.08. The number of imide groups is 1. The molecule has 5 amide bonds. The van der Waals surface area contributed by atoms with Gasteiger partial charge in [0.1, 0.15) is 12.1 Å². The molecule has 0 aromatic heterocycles. The van der Waals surface area contributed by atoms with Crippen molar-refractivity contribution in [2.75, 3.05) is 11.9 Å². The fourth-order valence-electron chi connectivity index (χ4n) is 3.46. The van der Waals surface area contributed by atoms with E-state index >= 15 is 0 Å². The van der Waals surface area contributed by atoms with Gasteiger partial charge in [-0.3, -0.25) is 28.9 Å². The molecule has 190 valence electrons. The standard InChI is InChI=1S/C25H33ClN4O5/c1-16(2)23(29-20(31)7-5-4-6-14-30-21(32)12-13-22(30)33)25(35)27-17(3)24(34)28-19-10-8-18(15-26)9-11-19/h8-13,16-17,23H,4-7,14-15H2,1-3H3,(H,27,35)(H,28,34)(H,29,31). The highest BCUT2D eigenvalue weighted by atomic mass is 35.5. The maximum absolute atomic E-state index is 12.8. The number of amides is 5. The molecule has 1 heterocycles. The SMILES string of the molecule is CC(NC(=O)C(NC(=O)CCCCCN1C(=O)C=CC1=O)C(C)C)C(=O)Nc1ccc(CCl)cc1. The molecule has 0 radical (unpaired) electrons. The third-order valence-electron chi connectivity index (χ3n) is 5.58. The molecule has 0 fully saturated rings. The largest absolute Gasteiger partial charge is 0.344 e. The minimum absolute atomic E-state index is 0.183. The zero-order valence-electron chi connectivity index (χ0n) is 20.3. The van der Waals surface area contributed by atoms with Crippen molar-refractivity contribution in [3.63, 3.8) is 0 Å². The quantitative estimate of drug-likeness (QED) is 0.216. The third kappa shape index (κ3) is 8.83. The van der Waals surface area contributed by atoms with Crippen molar-refractivity contribution in [1.29, 1.82) is 0 Å². The lowest BCUT2D eigenvalue weighted by Gasteiger charge is -2.24. The summed E-state index contributed by atoms with van der Waals surface area (Å²) in [6, 6.07) is 5.49. The molecule has 0 bridgehead atoms. The first-order chi connectivity index (χ1) is 16.6. The van der Waals surface area contributed by atoms with Crippen LogP contribution in [0, 0.1) is 5.92 Å². The predicted molar refractivity (Wildman–Crippen MR) is 133 cm³/mol. The van der Waals surface area contributed by atoms with Crippen LogP contribution in [0.1, 0.15) is 52.0 Å². The predicted octanol–water partition coefficient (Wildman–Crippen LogP) is 2.49. The van der Waals surface area contributed by atoms with Gasteiger partial charge in [0.25, 0.3) is 11.8 Å². The number of nitrogens with one attached hydrogen (secondary N) is 3. The summed E-state index contributed by atoms with van der Waals surface area (Å²) < 4.78 is 0. The first-order valence-corrected chi connectivity index (χ1v) is 12.2. The molecule has 2 atom stereocenters. The van der Waals surface area contributed by atoms with Crippen LogP contribution in [-0.2, 0) is 29.9 Å². The molecule has 2 unspecified atom stereocenters. The topological polar surface area (TPSA) is 125 Å². The number of hydrogen-bond donors (Lipinski definition) is 3. The first-order valence-electron chi connectivity index (χ1n) is 11.7. The Kier molecular flexibility index (Phi) is 10.9. The van der Waals surface area contributed by atoms with E-state index in [1.54, 1.807) is 31.2 Å². The van der Waals surface area contributed by atoms with E-state index in [9.17, 15) is 24.0 Å². The molecular weight excluding hydrogens is 472 g/mol. The number of benzene rings is 1. The van der Waals surface area contributed by atoms with Crippen LogP contribution in [-0.4, -0.2) is 53.1 Å². The normalized spacial score (nSPS) is 14.7. The summed E-state index contributed by atoms with van der Waals surface area (Å²) in [5.41, 5.74) is 1.52. The van der Waals surface area contributed by atoms with E-state index in [-0.39, 0.29) is 36.0 Å². The fraction of sp³-hybridized carbons (Fsp3) is 0.480. The fourth-order valence-corrected chi connectivity index (χ4v) is 3.64. The molecule has 0 aliphatic carbocycles. The lowest BCUT2D eigenvalue weighted by atomic mass is 10.0. The monoisotopic (exact) mass is 504 g/mol. The average Bonchev–Trinajstić information content (AvgIpc) is 3.14. The Morgan fingerprint density at radius 1 is 0.886 bits per heavy atom. The Hall–Kier alpha value is -3.20. The van der Waals surface area contributed by atoms with Crippen LogP contribution in [0.2, 0.25) is 0 Å². The number of nitrogens with zero attached hydrogens (tertiary/aromatic N) is 1. The Balaban J connectivity index is 1.75. The third-order valence-corrected chi connectivity index (χ3v) is 5.89. The van der Waals surface area contributed by atoms with Crippen molar-refractivity contribution in [3.05, 3.63) is 42.0 Å². The van der Waals surface area contributed by atoms with Gasteiger partial charge in [-0.25, -0.2) is 0 Å². The van der Waals surface area contributed by atoms with Crippen LogP contribution in [0.25, 0.3) is 0 Å². The summed E-state index contributed by atoms with van der Waals surface area (Å²) in [4.78, 5) is 61.8. The molecule has 10 heteroatoms. The lowest BCUT2D eigenvalue weighted by Crippen LogP contribution is -2.53. The van der Waals surface area contributed by atoms with Gasteiger partial charge in [0, 0.05) is 36.7 Å². The van der Waals surface area contributed by atoms with Crippen LogP contribution in [0.4, 0.5) is 5.69 Å². The molecular formula is C25H33ClN4O5. The molecule has 1 aliphatic heterocycles. The van der Waals surface area contributed by atoms with Gasteiger partial charge in [-0.1, -0.05) is 32.4 Å². The van der Waals surface area contributed by atoms with Gasteiger partial charge in [0.2, 0.25) is 17.7 Å². The number of anilines is 1. The smallest absolute Gasteiger partial charge is 0.253 e. The summed E-state index contributed by atoms with van der Waals surface area (Å²) in [7, 11) is 0. The van der Waals surface area contributed by atoms with Crippen LogP contribution in [0.5, 0.6) is 0 Å². The van der Waals surface area contributed by atoms with Gasteiger partial charge in [-0.05, 0) is 43.4 Å². The highest BCUT2D eigenvalue weighted by Gasteiger charge is 2.27. The molecule has 2 rings (SSSR count).